The maximum absolute atomic E-state index is 14.5. The van der Waals surface area contributed by atoms with Crippen LogP contribution in [0.2, 0.25) is 0 Å². The van der Waals surface area contributed by atoms with Crippen LogP contribution in [0.1, 0.15) is 31.9 Å². The zero-order valence-corrected chi connectivity index (χ0v) is 27.0. The lowest BCUT2D eigenvalue weighted by molar-refractivity contribution is -0.142. The van der Waals surface area contributed by atoms with E-state index in [4.69, 9.17) is 5.73 Å². The monoisotopic (exact) mass is 633 g/mol. The summed E-state index contributed by atoms with van der Waals surface area (Å²) in [6.07, 6.45) is 4.73. The van der Waals surface area contributed by atoms with E-state index in [1.165, 1.54) is 9.80 Å². The number of nitrogens with two attached hydrogens (primary N) is 1. The maximum atomic E-state index is 14.5. The number of rotatable bonds is 13. The second-order valence-corrected chi connectivity index (χ2v) is 12.4. The number of pyridine rings is 1. The molecular weight excluding hydrogens is 595 g/mol. The molecule has 2 unspecified atom stereocenters. The van der Waals surface area contributed by atoms with Crippen molar-refractivity contribution in [3.8, 4) is 0 Å². The van der Waals surface area contributed by atoms with Crippen LogP contribution in [-0.4, -0.2) is 65.2 Å². The number of thiophene rings is 1. The van der Waals surface area contributed by atoms with Crippen LogP contribution in [-0.2, 0) is 35.4 Å². The van der Waals surface area contributed by atoms with Crippen LogP contribution >= 0.6 is 11.3 Å². The Morgan fingerprint density at radius 3 is 2.30 bits per heavy atom. The van der Waals surface area contributed by atoms with Crippen molar-refractivity contribution in [1.82, 2.24) is 20.1 Å². The zero-order chi connectivity index (χ0) is 32.5. The molecule has 3 aromatic carbocycles. The van der Waals surface area contributed by atoms with Crippen LogP contribution in [0.5, 0.6) is 0 Å². The Labute approximate surface area is 273 Å². The number of hydrogen-bond donors (Lipinski definition) is 2. The molecular formula is C37H39N5O3S. The lowest BCUT2D eigenvalue weighted by atomic mass is 9.98. The van der Waals surface area contributed by atoms with Crippen LogP contribution in [0.15, 0.2) is 109 Å². The van der Waals surface area contributed by atoms with Crippen LogP contribution in [0.3, 0.4) is 0 Å². The van der Waals surface area contributed by atoms with Gasteiger partial charge in [-0.3, -0.25) is 19.4 Å². The molecule has 2 atom stereocenters. The highest BCUT2D eigenvalue weighted by molar-refractivity contribution is 7.09. The largest absolute Gasteiger partial charge is 0.354 e. The Bertz CT molecular complexity index is 1780. The number of nitrogens with zero attached hydrogens (tertiary/aromatic N) is 3. The first-order chi connectivity index (χ1) is 22.3. The number of nitrogens with one attached hydrogen (secondary N) is 1. The molecule has 0 bridgehead atoms. The third-order valence-corrected chi connectivity index (χ3v) is 9.18. The number of benzene rings is 3. The summed E-state index contributed by atoms with van der Waals surface area (Å²) in [5, 5.41) is 7.14. The number of likely N-dealkylation sites (N-methyl/N-ethyl adjacent to an activating group) is 2. The third-order valence-electron chi connectivity index (χ3n) is 8.28. The van der Waals surface area contributed by atoms with Crippen molar-refractivity contribution in [3.05, 3.63) is 136 Å². The number of carbonyl (C=O) groups is 3. The smallest absolute Gasteiger partial charge is 0.254 e. The summed E-state index contributed by atoms with van der Waals surface area (Å²) in [5.74, 6) is -0.850. The average Bonchev–Trinajstić information content (AvgIpc) is 3.62. The zero-order valence-electron chi connectivity index (χ0n) is 26.1. The Balaban J connectivity index is 1.43. The molecule has 46 heavy (non-hydrogen) atoms. The van der Waals surface area contributed by atoms with E-state index in [0.29, 0.717) is 31.5 Å². The highest BCUT2D eigenvalue weighted by Gasteiger charge is 2.35. The van der Waals surface area contributed by atoms with Gasteiger partial charge < -0.3 is 20.9 Å². The summed E-state index contributed by atoms with van der Waals surface area (Å²) in [6, 6.07) is 27.4. The number of fused-ring (bicyclic) bond motifs is 1. The minimum atomic E-state index is -0.865. The van der Waals surface area contributed by atoms with Crippen molar-refractivity contribution in [1.29, 1.82) is 0 Å². The van der Waals surface area contributed by atoms with Gasteiger partial charge in [-0.05, 0) is 69.6 Å². The quantitative estimate of drug-likeness (QED) is 0.193. The molecule has 0 aliphatic heterocycles. The fourth-order valence-corrected chi connectivity index (χ4v) is 6.31. The molecule has 0 spiro atoms. The van der Waals surface area contributed by atoms with Crippen molar-refractivity contribution < 1.29 is 14.4 Å². The number of hydrogen-bond acceptors (Lipinski definition) is 6. The summed E-state index contributed by atoms with van der Waals surface area (Å²) in [4.78, 5) is 50.1. The lowest BCUT2D eigenvalue weighted by Gasteiger charge is -2.34. The fraction of sp³-hybridized carbons (Fsp3) is 0.243. The van der Waals surface area contributed by atoms with Gasteiger partial charge in [-0.15, -0.1) is 11.3 Å². The molecule has 5 aromatic rings. The highest BCUT2D eigenvalue weighted by atomic mass is 32.1. The van der Waals surface area contributed by atoms with E-state index in [2.05, 4.69) is 16.4 Å². The lowest BCUT2D eigenvalue weighted by Crippen LogP contribution is -2.56. The summed E-state index contributed by atoms with van der Waals surface area (Å²) in [6.45, 7) is 0.718. The van der Waals surface area contributed by atoms with Gasteiger partial charge in [0.1, 0.15) is 12.1 Å². The minimum absolute atomic E-state index is 0.243. The van der Waals surface area contributed by atoms with E-state index in [1.54, 1.807) is 56.0 Å². The molecule has 9 heteroatoms. The summed E-state index contributed by atoms with van der Waals surface area (Å²) < 4.78 is 0. The molecule has 0 saturated heterocycles. The summed E-state index contributed by atoms with van der Waals surface area (Å²) in [5.41, 5.74) is 9.10. The van der Waals surface area contributed by atoms with Gasteiger partial charge in [-0.25, -0.2) is 0 Å². The topological polar surface area (TPSA) is 109 Å². The third kappa shape index (κ3) is 8.04. The first kappa shape index (κ1) is 32.5. The summed E-state index contributed by atoms with van der Waals surface area (Å²) in [7, 11) is 3.31. The normalized spacial score (nSPS) is 12.3. The van der Waals surface area contributed by atoms with E-state index in [-0.39, 0.29) is 24.1 Å². The van der Waals surface area contributed by atoms with Crippen molar-refractivity contribution >= 4 is 39.8 Å². The maximum Gasteiger partial charge on any atom is 0.254 e. The van der Waals surface area contributed by atoms with E-state index >= 15 is 0 Å². The minimum Gasteiger partial charge on any atom is -0.354 e. The van der Waals surface area contributed by atoms with Gasteiger partial charge in [0.05, 0.1) is 0 Å². The van der Waals surface area contributed by atoms with E-state index in [1.807, 2.05) is 72.1 Å². The van der Waals surface area contributed by atoms with Crippen LogP contribution in [0.25, 0.3) is 10.8 Å². The van der Waals surface area contributed by atoms with Crippen molar-refractivity contribution in [2.75, 3.05) is 20.6 Å². The molecule has 2 heterocycles. The second kappa shape index (κ2) is 15.4. The van der Waals surface area contributed by atoms with E-state index in [0.717, 1.165) is 32.3 Å². The first-order valence-electron chi connectivity index (χ1n) is 15.3. The Hall–Kier alpha value is -4.86. The van der Waals surface area contributed by atoms with Gasteiger partial charge in [-0.1, -0.05) is 60.7 Å². The molecule has 8 nitrogen and oxygen atoms in total. The van der Waals surface area contributed by atoms with E-state index in [9.17, 15) is 14.4 Å². The van der Waals surface area contributed by atoms with Gasteiger partial charge in [-0.2, -0.15) is 0 Å². The van der Waals surface area contributed by atoms with Crippen LogP contribution < -0.4 is 11.1 Å². The first-order valence-corrected chi connectivity index (χ1v) is 16.2. The Kier molecular flexibility index (Phi) is 10.9. The molecule has 236 valence electrons. The molecule has 0 aliphatic carbocycles. The average molecular weight is 634 g/mol. The number of amides is 3. The summed E-state index contributed by atoms with van der Waals surface area (Å²) >= 11 is 1.54. The molecule has 0 fully saturated rings. The fourth-order valence-electron chi connectivity index (χ4n) is 5.57. The van der Waals surface area contributed by atoms with Gasteiger partial charge in [0.25, 0.3) is 5.91 Å². The van der Waals surface area contributed by atoms with Gasteiger partial charge in [0.2, 0.25) is 11.8 Å². The van der Waals surface area contributed by atoms with Crippen LogP contribution in [0, 0.1) is 0 Å². The Morgan fingerprint density at radius 2 is 1.57 bits per heavy atom. The molecule has 0 radical (unpaired) electrons. The predicted molar refractivity (Wildman–Crippen MR) is 183 cm³/mol. The van der Waals surface area contributed by atoms with E-state index < -0.39 is 12.1 Å². The molecule has 3 N–H and O–H groups in total. The van der Waals surface area contributed by atoms with Gasteiger partial charge in [0, 0.05) is 62.9 Å². The van der Waals surface area contributed by atoms with Crippen molar-refractivity contribution in [2.24, 2.45) is 5.73 Å². The highest BCUT2D eigenvalue weighted by Crippen LogP contribution is 2.22. The van der Waals surface area contributed by atoms with Gasteiger partial charge >= 0.3 is 0 Å². The molecule has 5 rings (SSSR count). The van der Waals surface area contributed by atoms with Crippen molar-refractivity contribution in [3.63, 3.8) is 0 Å². The number of aromatic nitrogens is 1. The van der Waals surface area contributed by atoms with Crippen molar-refractivity contribution in [2.45, 2.75) is 37.9 Å². The van der Waals surface area contributed by atoms with Crippen LogP contribution in [0.4, 0.5) is 0 Å². The molecule has 0 saturated carbocycles. The van der Waals surface area contributed by atoms with Gasteiger partial charge in [0.15, 0.2) is 0 Å². The SMILES string of the molecule is CN(C(=O)c1cccc(CN)c1)C(Cc1ccc2ccccc2c1)C(=O)N(C)C(Cc1cccs1)C(=O)NCCc1ccncc1. The molecule has 0 aliphatic rings. The second-order valence-electron chi connectivity index (χ2n) is 11.4. The number of carbonyl (C=O) groups excluding carboxylic acids is 3. The molecule has 2 aromatic heterocycles. The Morgan fingerprint density at radius 1 is 0.783 bits per heavy atom. The standard InChI is InChI=1S/C37H39N5O3S/c1-41(33(24-32-11-6-20-46-32)35(43)40-19-16-26-14-17-39-18-15-26)37(45)34(23-27-12-13-29-8-3-4-9-30(29)21-27)42(2)36(44)31-10-5-7-28(22-31)25-38/h3-15,17-18,20-22,33-34H,16,19,23-25,38H2,1-2H3,(H,40,43). The molecule has 3 amide bonds. The predicted octanol–water partition coefficient (Wildman–Crippen LogP) is 4.87.